The molecule has 0 aliphatic carbocycles. The van der Waals surface area contributed by atoms with E-state index in [1.165, 1.54) is 18.2 Å². The number of anilines is 1. The Bertz CT molecular complexity index is 649. The third-order valence-corrected chi connectivity index (χ3v) is 2.67. The molecule has 110 valence electrons. The van der Waals surface area contributed by atoms with Crippen LogP contribution in [0, 0.1) is 5.82 Å². The van der Waals surface area contributed by atoms with Gasteiger partial charge < -0.3 is 15.2 Å². The zero-order chi connectivity index (χ0) is 15.2. The normalized spacial score (nSPS) is 10.2. The third-order valence-electron chi connectivity index (χ3n) is 2.67. The minimum absolute atomic E-state index is 0.102. The maximum absolute atomic E-state index is 13.4. The van der Waals surface area contributed by atoms with E-state index in [9.17, 15) is 9.18 Å². The van der Waals surface area contributed by atoms with Crippen molar-refractivity contribution in [2.75, 3.05) is 19.0 Å². The molecule has 2 rings (SSSR count). The number of carboxylic acid groups (broad SMARTS) is 1. The number of hydrogen-bond donors (Lipinski definition) is 2. The van der Waals surface area contributed by atoms with Crippen molar-refractivity contribution in [3.05, 3.63) is 47.7 Å². The number of nitrogens with zero attached hydrogens (tertiary/aromatic N) is 2. The zero-order valence-corrected chi connectivity index (χ0v) is 11.3. The molecule has 0 amide bonds. The van der Waals surface area contributed by atoms with Gasteiger partial charge in [0, 0.05) is 19.5 Å². The van der Waals surface area contributed by atoms with Crippen LogP contribution in [0.5, 0.6) is 5.75 Å². The van der Waals surface area contributed by atoms with Crippen molar-refractivity contribution in [2.24, 2.45) is 0 Å². The van der Waals surface area contributed by atoms with E-state index >= 15 is 0 Å². The highest BCUT2D eigenvalue weighted by Gasteiger charge is 2.10. The summed E-state index contributed by atoms with van der Waals surface area (Å²) < 4.78 is 18.7. The molecule has 1 heterocycles. The first kappa shape index (κ1) is 14.7. The van der Waals surface area contributed by atoms with Crippen molar-refractivity contribution < 1.29 is 19.0 Å². The Labute approximate surface area is 120 Å². The van der Waals surface area contributed by atoms with Crippen LogP contribution in [0.4, 0.5) is 10.2 Å². The second kappa shape index (κ2) is 6.65. The van der Waals surface area contributed by atoms with Gasteiger partial charge in [-0.25, -0.2) is 19.2 Å². The Hall–Kier alpha value is -2.70. The van der Waals surface area contributed by atoms with Crippen LogP contribution in [0.25, 0.3) is 0 Å². The van der Waals surface area contributed by atoms with Gasteiger partial charge >= 0.3 is 5.97 Å². The highest BCUT2D eigenvalue weighted by molar-refractivity contribution is 5.86. The van der Waals surface area contributed by atoms with Gasteiger partial charge in [0.15, 0.2) is 17.3 Å². The van der Waals surface area contributed by atoms with E-state index in [4.69, 9.17) is 9.84 Å². The monoisotopic (exact) mass is 291 g/mol. The molecule has 1 aromatic heterocycles. The molecule has 1 aromatic carbocycles. The van der Waals surface area contributed by atoms with E-state index in [1.54, 1.807) is 19.2 Å². The fourth-order valence-corrected chi connectivity index (χ4v) is 1.66. The summed E-state index contributed by atoms with van der Waals surface area (Å²) in [6.07, 6.45) is 0.268. The molecule has 0 atom stereocenters. The molecule has 0 fully saturated rings. The molecule has 0 spiro atoms. The Morgan fingerprint density at radius 3 is 2.81 bits per heavy atom. The summed E-state index contributed by atoms with van der Waals surface area (Å²) in [5, 5.41) is 11.7. The summed E-state index contributed by atoms with van der Waals surface area (Å²) in [4.78, 5) is 19.0. The van der Waals surface area contributed by atoms with Crippen LogP contribution in [-0.4, -0.2) is 34.7 Å². The largest absolute Gasteiger partial charge is 0.490 e. The molecule has 0 aliphatic heterocycles. The number of aromatic carboxylic acids is 1. The second-order valence-electron chi connectivity index (χ2n) is 4.14. The summed E-state index contributed by atoms with van der Waals surface area (Å²) in [5.41, 5.74) is -0.102. The summed E-state index contributed by atoms with van der Waals surface area (Å²) in [5.74, 6) is -0.724. The van der Waals surface area contributed by atoms with Gasteiger partial charge in [-0.05, 0) is 12.1 Å². The number of para-hydroxylation sites is 1. The second-order valence-corrected chi connectivity index (χ2v) is 4.14. The average Bonchev–Trinajstić information content (AvgIpc) is 2.49. The molecule has 6 nitrogen and oxygen atoms in total. The predicted molar refractivity (Wildman–Crippen MR) is 74.1 cm³/mol. The van der Waals surface area contributed by atoms with E-state index in [0.717, 1.165) is 0 Å². The lowest BCUT2D eigenvalue weighted by Gasteiger charge is -2.08. The van der Waals surface area contributed by atoms with Crippen LogP contribution in [-0.2, 0) is 6.42 Å². The topological polar surface area (TPSA) is 84.3 Å². The minimum atomic E-state index is -1.13. The SMILES string of the molecule is CNc1cc(C(=O)O)nc(CCOc2ccccc2F)n1. The van der Waals surface area contributed by atoms with E-state index in [-0.39, 0.29) is 24.5 Å². The van der Waals surface area contributed by atoms with Gasteiger partial charge in [-0.2, -0.15) is 0 Å². The maximum atomic E-state index is 13.4. The zero-order valence-electron chi connectivity index (χ0n) is 11.3. The summed E-state index contributed by atoms with van der Waals surface area (Å²) in [6, 6.07) is 7.39. The first-order valence-electron chi connectivity index (χ1n) is 6.26. The molecule has 0 unspecified atom stereocenters. The maximum Gasteiger partial charge on any atom is 0.354 e. The summed E-state index contributed by atoms with van der Waals surface area (Å²) in [7, 11) is 1.63. The van der Waals surface area contributed by atoms with Crippen LogP contribution in [0.2, 0.25) is 0 Å². The lowest BCUT2D eigenvalue weighted by Crippen LogP contribution is -2.11. The molecule has 0 saturated carbocycles. The van der Waals surface area contributed by atoms with Gasteiger partial charge in [0.2, 0.25) is 0 Å². The standard InChI is InChI=1S/C14H14FN3O3/c1-16-13-8-10(14(19)20)17-12(18-13)6-7-21-11-5-3-2-4-9(11)15/h2-5,8H,6-7H2,1H3,(H,19,20)(H,16,17,18). The molecule has 2 N–H and O–H groups in total. The number of ether oxygens (including phenoxy) is 1. The van der Waals surface area contributed by atoms with Gasteiger partial charge in [0.1, 0.15) is 11.6 Å². The van der Waals surface area contributed by atoms with Crippen molar-refractivity contribution in [3.8, 4) is 5.75 Å². The van der Waals surface area contributed by atoms with Crippen LogP contribution in [0.3, 0.4) is 0 Å². The minimum Gasteiger partial charge on any atom is -0.490 e. The van der Waals surface area contributed by atoms with E-state index in [2.05, 4.69) is 15.3 Å². The molecule has 7 heteroatoms. The summed E-state index contributed by atoms with van der Waals surface area (Å²) in [6.45, 7) is 0.146. The number of benzene rings is 1. The lowest BCUT2D eigenvalue weighted by molar-refractivity contribution is 0.0690. The van der Waals surface area contributed by atoms with Crippen LogP contribution in [0.15, 0.2) is 30.3 Å². The highest BCUT2D eigenvalue weighted by atomic mass is 19.1. The fraction of sp³-hybridized carbons (Fsp3) is 0.214. The van der Waals surface area contributed by atoms with Gasteiger partial charge in [-0.15, -0.1) is 0 Å². The van der Waals surface area contributed by atoms with E-state index in [0.29, 0.717) is 11.6 Å². The lowest BCUT2D eigenvalue weighted by atomic mass is 10.3. The number of carboxylic acids is 1. The van der Waals surface area contributed by atoms with Crippen LogP contribution >= 0.6 is 0 Å². The number of nitrogens with one attached hydrogen (secondary N) is 1. The van der Waals surface area contributed by atoms with Gasteiger partial charge in [0.05, 0.1) is 6.61 Å². The molecule has 0 radical (unpaired) electrons. The Morgan fingerprint density at radius 2 is 2.14 bits per heavy atom. The van der Waals surface area contributed by atoms with Crippen LogP contribution < -0.4 is 10.1 Å². The van der Waals surface area contributed by atoms with Crippen molar-refractivity contribution in [1.82, 2.24) is 9.97 Å². The third kappa shape index (κ3) is 3.88. The van der Waals surface area contributed by atoms with Crippen molar-refractivity contribution >= 4 is 11.8 Å². The number of halogens is 1. The molecule has 21 heavy (non-hydrogen) atoms. The molecular weight excluding hydrogens is 277 g/mol. The highest BCUT2D eigenvalue weighted by Crippen LogP contribution is 2.15. The Kier molecular flexibility index (Phi) is 4.65. The first-order chi connectivity index (χ1) is 10.1. The quantitative estimate of drug-likeness (QED) is 0.846. The molecule has 2 aromatic rings. The van der Waals surface area contributed by atoms with E-state index in [1.807, 2.05) is 0 Å². The average molecular weight is 291 g/mol. The van der Waals surface area contributed by atoms with Crippen molar-refractivity contribution in [2.45, 2.75) is 6.42 Å². The van der Waals surface area contributed by atoms with Gasteiger partial charge in [-0.3, -0.25) is 0 Å². The fourth-order valence-electron chi connectivity index (χ4n) is 1.66. The molecule has 0 bridgehead atoms. The number of rotatable bonds is 6. The smallest absolute Gasteiger partial charge is 0.354 e. The Morgan fingerprint density at radius 1 is 1.38 bits per heavy atom. The van der Waals surface area contributed by atoms with Crippen molar-refractivity contribution in [1.29, 1.82) is 0 Å². The van der Waals surface area contributed by atoms with Crippen LogP contribution in [0.1, 0.15) is 16.3 Å². The van der Waals surface area contributed by atoms with Gasteiger partial charge in [-0.1, -0.05) is 12.1 Å². The predicted octanol–water partition coefficient (Wildman–Crippen LogP) is 1.98. The number of carbonyl (C=O) groups is 1. The number of hydrogen-bond acceptors (Lipinski definition) is 5. The summed E-state index contributed by atoms with van der Waals surface area (Å²) >= 11 is 0. The molecular formula is C14H14FN3O3. The molecule has 0 aliphatic rings. The van der Waals surface area contributed by atoms with Crippen molar-refractivity contribution in [3.63, 3.8) is 0 Å². The first-order valence-corrected chi connectivity index (χ1v) is 6.26. The van der Waals surface area contributed by atoms with E-state index < -0.39 is 11.8 Å². The Balaban J connectivity index is 2.04. The van der Waals surface area contributed by atoms with Gasteiger partial charge in [0.25, 0.3) is 0 Å². The number of aromatic nitrogens is 2. The molecule has 0 saturated heterocycles.